The number of ether oxygens (including phenoxy) is 1. The van der Waals surface area contributed by atoms with Crippen molar-refractivity contribution < 1.29 is 9.53 Å². The van der Waals surface area contributed by atoms with E-state index in [0.717, 1.165) is 24.0 Å². The first-order valence-electron chi connectivity index (χ1n) is 7.54. The van der Waals surface area contributed by atoms with Crippen LogP contribution in [0.1, 0.15) is 47.2 Å². The maximum atomic E-state index is 12.4. The molecule has 1 aromatic rings. The second-order valence-corrected chi connectivity index (χ2v) is 6.26. The Morgan fingerprint density at radius 2 is 1.90 bits per heavy atom. The van der Waals surface area contributed by atoms with Crippen LogP contribution in [0, 0.1) is 0 Å². The summed E-state index contributed by atoms with van der Waals surface area (Å²) in [6.45, 7) is 1.31. The smallest absolute Gasteiger partial charge is 0.251 e. The van der Waals surface area contributed by atoms with Gasteiger partial charge in [-0.3, -0.25) is 4.79 Å². The molecule has 3 aliphatic rings. The predicted octanol–water partition coefficient (Wildman–Crippen LogP) is 1.73. The van der Waals surface area contributed by atoms with Crippen molar-refractivity contribution in [2.45, 2.75) is 57.0 Å². The van der Waals surface area contributed by atoms with Gasteiger partial charge in [0.2, 0.25) is 0 Å². The molecule has 3 heterocycles. The highest BCUT2D eigenvalue weighted by molar-refractivity contribution is 5.94. The third kappa shape index (κ3) is 2.23. The molecular weight excluding hydrogens is 252 g/mol. The maximum absolute atomic E-state index is 12.4. The van der Waals surface area contributed by atoms with E-state index in [2.05, 4.69) is 10.6 Å². The van der Waals surface area contributed by atoms with E-state index in [1.165, 1.54) is 18.4 Å². The molecule has 2 atom stereocenters. The molecule has 0 spiro atoms. The molecule has 3 aliphatic heterocycles. The minimum atomic E-state index is 0.0611. The lowest BCUT2D eigenvalue weighted by atomic mass is 9.99. The molecule has 2 N–H and O–H groups in total. The van der Waals surface area contributed by atoms with Gasteiger partial charge in [-0.1, -0.05) is 6.07 Å². The molecule has 1 amide bonds. The predicted molar refractivity (Wildman–Crippen MR) is 75.4 cm³/mol. The molecular formula is C16H20N2O2. The van der Waals surface area contributed by atoms with Gasteiger partial charge in [0.1, 0.15) is 0 Å². The molecule has 4 rings (SSSR count). The molecule has 2 bridgehead atoms. The number of rotatable bonds is 2. The minimum Gasteiger partial charge on any atom is -0.372 e. The summed E-state index contributed by atoms with van der Waals surface area (Å²) < 4.78 is 5.40. The van der Waals surface area contributed by atoms with E-state index in [9.17, 15) is 4.79 Å². The lowest BCUT2D eigenvalue weighted by Crippen LogP contribution is -2.48. The summed E-state index contributed by atoms with van der Waals surface area (Å²) >= 11 is 0. The second kappa shape index (κ2) is 4.86. The Labute approximate surface area is 118 Å². The quantitative estimate of drug-likeness (QED) is 0.862. The van der Waals surface area contributed by atoms with Crippen LogP contribution in [-0.2, 0) is 18.0 Å². The molecule has 0 saturated carbocycles. The number of hydrogen-bond acceptors (Lipinski definition) is 3. The summed E-state index contributed by atoms with van der Waals surface area (Å²) in [7, 11) is 0. The number of nitrogens with one attached hydrogen (secondary N) is 2. The summed E-state index contributed by atoms with van der Waals surface area (Å²) in [5, 5.41) is 6.81. The van der Waals surface area contributed by atoms with Crippen LogP contribution in [0.25, 0.3) is 0 Å². The molecule has 2 unspecified atom stereocenters. The number of fused-ring (bicyclic) bond motifs is 3. The van der Waals surface area contributed by atoms with Crippen molar-refractivity contribution >= 4 is 5.91 Å². The average molecular weight is 272 g/mol. The first-order valence-corrected chi connectivity index (χ1v) is 7.54. The molecule has 4 heteroatoms. The third-order valence-electron chi connectivity index (χ3n) is 4.79. The van der Waals surface area contributed by atoms with Crippen molar-refractivity contribution in [3.05, 3.63) is 34.9 Å². The second-order valence-electron chi connectivity index (χ2n) is 6.26. The monoisotopic (exact) mass is 272 g/mol. The van der Waals surface area contributed by atoms with E-state index in [1.54, 1.807) is 0 Å². The number of benzene rings is 1. The van der Waals surface area contributed by atoms with Crippen LogP contribution in [0.4, 0.5) is 0 Å². The van der Waals surface area contributed by atoms with Crippen LogP contribution in [0.3, 0.4) is 0 Å². The minimum absolute atomic E-state index is 0.0611. The Hall–Kier alpha value is -1.39. The van der Waals surface area contributed by atoms with Crippen LogP contribution in [-0.4, -0.2) is 24.0 Å². The zero-order chi connectivity index (χ0) is 13.5. The first kappa shape index (κ1) is 12.4. The molecule has 2 fully saturated rings. The van der Waals surface area contributed by atoms with E-state index < -0.39 is 0 Å². The molecule has 2 saturated heterocycles. The van der Waals surface area contributed by atoms with E-state index in [0.29, 0.717) is 31.3 Å². The Kier molecular flexibility index (Phi) is 3.00. The van der Waals surface area contributed by atoms with Crippen molar-refractivity contribution in [2.24, 2.45) is 0 Å². The molecule has 1 aromatic carbocycles. The summed E-state index contributed by atoms with van der Waals surface area (Å²) in [5.74, 6) is 0.0611. The van der Waals surface area contributed by atoms with Crippen molar-refractivity contribution in [1.29, 1.82) is 0 Å². The van der Waals surface area contributed by atoms with Gasteiger partial charge >= 0.3 is 0 Å². The van der Waals surface area contributed by atoms with Crippen molar-refractivity contribution in [2.75, 3.05) is 0 Å². The lowest BCUT2D eigenvalue weighted by Gasteiger charge is -2.29. The average Bonchev–Trinajstić information content (AvgIpc) is 3.04. The molecule has 20 heavy (non-hydrogen) atoms. The summed E-state index contributed by atoms with van der Waals surface area (Å²) in [6.07, 6.45) is 4.65. The van der Waals surface area contributed by atoms with E-state index in [-0.39, 0.29) is 5.91 Å². The van der Waals surface area contributed by atoms with Gasteiger partial charge in [0.05, 0.1) is 13.2 Å². The first-order chi connectivity index (χ1) is 9.78. The zero-order valence-electron chi connectivity index (χ0n) is 11.5. The summed E-state index contributed by atoms with van der Waals surface area (Å²) in [4.78, 5) is 12.4. The summed E-state index contributed by atoms with van der Waals surface area (Å²) in [5.41, 5.74) is 3.13. The van der Waals surface area contributed by atoms with Gasteiger partial charge in [-0.15, -0.1) is 0 Å². The van der Waals surface area contributed by atoms with Crippen molar-refractivity contribution in [3.8, 4) is 0 Å². The van der Waals surface area contributed by atoms with E-state index >= 15 is 0 Å². The summed E-state index contributed by atoms with van der Waals surface area (Å²) in [6, 6.07) is 7.45. The SMILES string of the molecule is O=C(NC1CC2CCC(C1)N2)c1ccc2c(c1)COC2. The topological polar surface area (TPSA) is 50.4 Å². The van der Waals surface area contributed by atoms with E-state index in [1.807, 2.05) is 18.2 Å². The Balaban J connectivity index is 1.45. The third-order valence-corrected chi connectivity index (χ3v) is 4.79. The number of carbonyl (C=O) groups is 1. The van der Waals surface area contributed by atoms with Crippen LogP contribution in [0.5, 0.6) is 0 Å². The van der Waals surface area contributed by atoms with Crippen LogP contribution in [0.2, 0.25) is 0 Å². The van der Waals surface area contributed by atoms with Gasteiger partial charge in [0, 0.05) is 23.7 Å². The van der Waals surface area contributed by atoms with Gasteiger partial charge < -0.3 is 15.4 Å². The van der Waals surface area contributed by atoms with Gasteiger partial charge in [-0.25, -0.2) is 0 Å². The number of amides is 1. The van der Waals surface area contributed by atoms with Gasteiger partial charge in [-0.05, 0) is 48.9 Å². The standard InChI is InChI=1S/C16H20N2O2/c19-16(10-1-2-11-8-20-9-12(11)5-10)18-15-6-13-3-4-14(7-15)17-13/h1-2,5,13-15,17H,3-4,6-9H2,(H,18,19). The molecule has 106 valence electrons. The number of carbonyl (C=O) groups excluding carboxylic acids is 1. The van der Waals surface area contributed by atoms with E-state index in [4.69, 9.17) is 4.74 Å². The Morgan fingerprint density at radius 1 is 1.15 bits per heavy atom. The number of hydrogen-bond donors (Lipinski definition) is 2. The zero-order valence-corrected chi connectivity index (χ0v) is 11.5. The maximum Gasteiger partial charge on any atom is 0.251 e. The van der Waals surface area contributed by atoms with Crippen LogP contribution >= 0.6 is 0 Å². The highest BCUT2D eigenvalue weighted by Crippen LogP contribution is 2.27. The van der Waals surface area contributed by atoms with Gasteiger partial charge in [-0.2, -0.15) is 0 Å². The fourth-order valence-electron chi connectivity index (χ4n) is 3.76. The normalized spacial score (nSPS) is 31.1. The largest absolute Gasteiger partial charge is 0.372 e. The van der Waals surface area contributed by atoms with Crippen molar-refractivity contribution in [1.82, 2.24) is 10.6 Å². The fraction of sp³-hybridized carbons (Fsp3) is 0.562. The Bertz CT molecular complexity index is 531. The van der Waals surface area contributed by atoms with Crippen LogP contribution < -0.4 is 10.6 Å². The van der Waals surface area contributed by atoms with Crippen LogP contribution in [0.15, 0.2) is 18.2 Å². The highest BCUT2D eigenvalue weighted by Gasteiger charge is 2.34. The molecule has 0 aliphatic carbocycles. The molecule has 0 radical (unpaired) electrons. The highest BCUT2D eigenvalue weighted by atomic mass is 16.5. The Morgan fingerprint density at radius 3 is 2.70 bits per heavy atom. The van der Waals surface area contributed by atoms with Gasteiger partial charge in [0.15, 0.2) is 0 Å². The molecule has 4 nitrogen and oxygen atoms in total. The number of piperidine rings is 1. The van der Waals surface area contributed by atoms with Gasteiger partial charge in [0.25, 0.3) is 5.91 Å². The van der Waals surface area contributed by atoms with Crippen molar-refractivity contribution in [3.63, 3.8) is 0 Å². The lowest BCUT2D eigenvalue weighted by molar-refractivity contribution is 0.0924. The molecule has 0 aromatic heterocycles. The fourth-order valence-corrected chi connectivity index (χ4v) is 3.76.